The molecule has 3 heterocycles. The van der Waals surface area contributed by atoms with E-state index in [1.54, 1.807) is 30.2 Å². The molecule has 126 valence electrons. The van der Waals surface area contributed by atoms with Crippen molar-refractivity contribution >= 4 is 34.6 Å². The molecule has 24 heavy (non-hydrogen) atoms. The second-order valence-corrected chi connectivity index (χ2v) is 8.04. The number of hydrogen-bond donors (Lipinski definition) is 1. The van der Waals surface area contributed by atoms with Crippen molar-refractivity contribution in [2.24, 2.45) is 4.99 Å². The summed E-state index contributed by atoms with van der Waals surface area (Å²) in [4.78, 5) is 13.2. The summed E-state index contributed by atoms with van der Waals surface area (Å²) in [5.41, 5.74) is 3.98. The van der Waals surface area contributed by atoms with Crippen molar-refractivity contribution in [3.8, 4) is 0 Å². The van der Waals surface area contributed by atoms with Gasteiger partial charge < -0.3 is 15.0 Å². The molecule has 7 heteroatoms. The van der Waals surface area contributed by atoms with Gasteiger partial charge in [-0.05, 0) is 18.6 Å². The first-order chi connectivity index (χ1) is 11.8. The zero-order valence-corrected chi connectivity index (χ0v) is 15.2. The van der Waals surface area contributed by atoms with E-state index >= 15 is 0 Å². The van der Waals surface area contributed by atoms with Crippen LogP contribution in [0.25, 0.3) is 0 Å². The molecule has 1 atom stereocenters. The lowest BCUT2D eigenvalue weighted by Gasteiger charge is -2.35. The number of hydrogen-bond acceptors (Lipinski definition) is 7. The van der Waals surface area contributed by atoms with Crippen LogP contribution in [0, 0.1) is 0 Å². The number of aromatic nitrogens is 1. The Morgan fingerprint density at radius 1 is 1.38 bits per heavy atom. The van der Waals surface area contributed by atoms with Gasteiger partial charge in [0.1, 0.15) is 5.69 Å². The lowest BCUT2D eigenvalue weighted by Crippen LogP contribution is -2.53. The van der Waals surface area contributed by atoms with Crippen LogP contribution in [0.3, 0.4) is 0 Å². The quantitative estimate of drug-likeness (QED) is 0.912. The number of aliphatic imine (C=N–C) groups is 1. The maximum absolute atomic E-state index is 5.23. The Morgan fingerprint density at radius 2 is 2.29 bits per heavy atom. The zero-order chi connectivity index (χ0) is 16.4. The Kier molecular flexibility index (Phi) is 4.84. The smallest absolute Gasteiger partial charge is 0.157 e. The van der Waals surface area contributed by atoms with Gasteiger partial charge in [0, 0.05) is 44.3 Å². The molecule has 1 aromatic heterocycles. The standard InChI is InChI=1S/C17H20N4OS2/c1-22-9-6-12-10-21(8-7-18-12)16-15-17(23-11-19-15)24-14-5-3-2-4-13(14)20-16/h2-5,11-12,18H,6-10H2,1H3/t12-/m0/s1. The molecule has 0 saturated carbocycles. The van der Waals surface area contributed by atoms with Gasteiger partial charge in [0.15, 0.2) is 5.84 Å². The van der Waals surface area contributed by atoms with Gasteiger partial charge in [-0.15, -0.1) is 11.3 Å². The van der Waals surface area contributed by atoms with E-state index < -0.39 is 0 Å². The van der Waals surface area contributed by atoms with E-state index in [2.05, 4.69) is 33.4 Å². The molecule has 1 fully saturated rings. The number of nitrogens with one attached hydrogen (secondary N) is 1. The van der Waals surface area contributed by atoms with E-state index in [0.717, 1.165) is 49.9 Å². The van der Waals surface area contributed by atoms with E-state index in [0.29, 0.717) is 6.04 Å². The summed E-state index contributed by atoms with van der Waals surface area (Å²) in [6.45, 7) is 3.62. The number of fused-ring (bicyclic) bond motifs is 2. The molecule has 2 aromatic rings. The van der Waals surface area contributed by atoms with E-state index in [1.165, 1.54) is 9.10 Å². The third kappa shape index (κ3) is 3.21. The Morgan fingerprint density at radius 3 is 3.21 bits per heavy atom. The summed E-state index contributed by atoms with van der Waals surface area (Å²) in [5.74, 6) is 1.01. The highest BCUT2D eigenvalue weighted by molar-refractivity contribution is 8.01. The Bertz CT molecular complexity index is 746. The molecule has 2 aliphatic heterocycles. The van der Waals surface area contributed by atoms with Gasteiger partial charge in [0.25, 0.3) is 0 Å². The number of ether oxygens (including phenoxy) is 1. The second kappa shape index (κ2) is 7.23. The molecule has 2 aliphatic rings. The van der Waals surface area contributed by atoms with Crippen LogP contribution in [-0.4, -0.2) is 55.1 Å². The molecular formula is C17H20N4OS2. The molecule has 0 amide bonds. The van der Waals surface area contributed by atoms with Crippen LogP contribution in [0.15, 0.2) is 43.9 Å². The van der Waals surface area contributed by atoms with E-state index in [4.69, 9.17) is 9.73 Å². The predicted molar refractivity (Wildman–Crippen MR) is 98.7 cm³/mol. The Balaban J connectivity index is 1.67. The minimum absolute atomic E-state index is 0.426. The van der Waals surface area contributed by atoms with Gasteiger partial charge in [0.2, 0.25) is 0 Å². The molecular weight excluding hydrogens is 340 g/mol. The SMILES string of the molecule is COCC[C@H]1CN(C2=Nc3ccccc3Sc3scnc32)CCN1. The molecule has 0 radical (unpaired) electrons. The molecule has 0 spiro atoms. The largest absolute Gasteiger partial charge is 0.385 e. The van der Waals surface area contributed by atoms with E-state index in [1.807, 2.05) is 11.6 Å². The van der Waals surface area contributed by atoms with Crippen molar-refractivity contribution < 1.29 is 4.74 Å². The fourth-order valence-electron chi connectivity index (χ4n) is 3.05. The minimum Gasteiger partial charge on any atom is -0.385 e. The van der Waals surface area contributed by atoms with Crippen LogP contribution in [0.5, 0.6) is 0 Å². The highest BCUT2D eigenvalue weighted by atomic mass is 32.2. The number of nitrogens with zero attached hydrogens (tertiary/aromatic N) is 3. The molecule has 0 unspecified atom stereocenters. The maximum Gasteiger partial charge on any atom is 0.157 e. The molecule has 4 rings (SSSR count). The van der Waals surface area contributed by atoms with Crippen molar-refractivity contribution in [1.29, 1.82) is 0 Å². The summed E-state index contributed by atoms with van der Waals surface area (Å²) in [7, 11) is 1.76. The molecule has 1 aromatic carbocycles. The van der Waals surface area contributed by atoms with Crippen LogP contribution in [0.1, 0.15) is 12.1 Å². The van der Waals surface area contributed by atoms with E-state index in [9.17, 15) is 0 Å². The molecule has 1 N–H and O–H groups in total. The van der Waals surface area contributed by atoms with Crippen molar-refractivity contribution in [2.75, 3.05) is 33.4 Å². The van der Waals surface area contributed by atoms with E-state index in [-0.39, 0.29) is 0 Å². The summed E-state index contributed by atoms with van der Waals surface area (Å²) >= 11 is 3.47. The molecule has 0 aliphatic carbocycles. The summed E-state index contributed by atoms with van der Waals surface area (Å²) < 4.78 is 6.46. The normalized spacial score (nSPS) is 20.1. The lowest BCUT2D eigenvalue weighted by molar-refractivity contribution is 0.168. The minimum atomic E-state index is 0.426. The Hall–Kier alpha value is -1.41. The summed E-state index contributed by atoms with van der Waals surface area (Å²) in [6, 6.07) is 8.76. The van der Waals surface area contributed by atoms with Gasteiger partial charge in [-0.1, -0.05) is 23.9 Å². The number of amidine groups is 1. The van der Waals surface area contributed by atoms with Gasteiger partial charge in [-0.25, -0.2) is 9.98 Å². The number of piperazine rings is 1. The zero-order valence-electron chi connectivity index (χ0n) is 13.6. The van der Waals surface area contributed by atoms with Gasteiger partial charge in [0.05, 0.1) is 15.4 Å². The second-order valence-electron chi connectivity index (χ2n) is 5.87. The molecule has 0 bridgehead atoms. The third-order valence-corrected chi connectivity index (χ3v) is 6.37. The van der Waals surface area contributed by atoms with Crippen molar-refractivity contribution in [2.45, 2.75) is 21.6 Å². The summed E-state index contributed by atoms with van der Waals surface area (Å²) in [6.07, 6.45) is 1.01. The van der Waals surface area contributed by atoms with Crippen LogP contribution in [0.4, 0.5) is 5.69 Å². The summed E-state index contributed by atoms with van der Waals surface area (Å²) in [5, 5.41) is 3.58. The molecule has 1 saturated heterocycles. The maximum atomic E-state index is 5.23. The first kappa shape index (κ1) is 16.1. The van der Waals surface area contributed by atoms with Crippen LogP contribution in [0.2, 0.25) is 0 Å². The van der Waals surface area contributed by atoms with Crippen LogP contribution >= 0.6 is 23.1 Å². The number of rotatable bonds is 3. The number of methoxy groups -OCH3 is 1. The van der Waals surface area contributed by atoms with Crippen molar-refractivity contribution in [3.63, 3.8) is 0 Å². The molecule has 5 nitrogen and oxygen atoms in total. The average Bonchev–Trinajstić information content (AvgIpc) is 3.01. The van der Waals surface area contributed by atoms with Gasteiger partial charge in [-0.2, -0.15) is 0 Å². The highest BCUT2D eigenvalue weighted by Crippen LogP contribution is 2.42. The van der Waals surface area contributed by atoms with Crippen LogP contribution < -0.4 is 5.32 Å². The van der Waals surface area contributed by atoms with Gasteiger partial charge >= 0.3 is 0 Å². The van der Waals surface area contributed by atoms with Crippen molar-refractivity contribution in [1.82, 2.24) is 15.2 Å². The highest BCUT2D eigenvalue weighted by Gasteiger charge is 2.28. The predicted octanol–water partition coefficient (Wildman–Crippen LogP) is 3.00. The number of thiazole rings is 1. The van der Waals surface area contributed by atoms with Gasteiger partial charge in [-0.3, -0.25) is 0 Å². The first-order valence-electron chi connectivity index (χ1n) is 8.12. The fraction of sp³-hybridized carbons (Fsp3) is 0.412. The Labute approximate surface area is 150 Å². The number of benzene rings is 1. The lowest BCUT2D eigenvalue weighted by atomic mass is 10.1. The average molecular weight is 361 g/mol. The fourth-order valence-corrected chi connectivity index (χ4v) is 4.96. The topological polar surface area (TPSA) is 49.8 Å². The third-order valence-electron chi connectivity index (χ3n) is 4.27. The number of para-hydroxylation sites is 1. The van der Waals surface area contributed by atoms with Crippen LogP contribution in [-0.2, 0) is 4.74 Å². The first-order valence-corrected chi connectivity index (χ1v) is 9.81. The van der Waals surface area contributed by atoms with Crippen molar-refractivity contribution in [3.05, 3.63) is 35.5 Å². The monoisotopic (exact) mass is 360 g/mol.